The predicted octanol–water partition coefficient (Wildman–Crippen LogP) is 9.26. The van der Waals surface area contributed by atoms with Crippen molar-refractivity contribution in [1.82, 2.24) is 0 Å². The van der Waals surface area contributed by atoms with E-state index in [2.05, 4.69) is 108 Å². The molecule has 14 heteroatoms. The number of hydrogen-bond donors (Lipinski definition) is 2. The molecule has 2 heterocycles. The Balaban J connectivity index is 1.45. The topological polar surface area (TPSA) is 137 Å². The smallest absolute Gasteiger partial charge is 0.344 e. The molecule has 0 bridgehead atoms. The number of unbranched alkanes of at least 4 members (excludes halogenated alkanes) is 2. The molecule has 0 unspecified atom stereocenters. The van der Waals surface area contributed by atoms with Gasteiger partial charge in [-0.2, -0.15) is 16.8 Å². The molecular weight excluding hydrogens is 795 g/mol. The van der Waals surface area contributed by atoms with Gasteiger partial charge in [0.25, 0.3) is 10.1 Å². The van der Waals surface area contributed by atoms with Crippen LogP contribution >= 0.6 is 12.0 Å². The second-order valence-electron chi connectivity index (χ2n) is 16.0. The summed E-state index contributed by atoms with van der Waals surface area (Å²) in [6, 6.07) is 25.8. The number of nitrogens with zero attached hydrogens (tertiary/aromatic N) is 3. The fourth-order valence-electron chi connectivity index (χ4n) is 8.51. The van der Waals surface area contributed by atoms with Crippen LogP contribution < -0.4 is 9.80 Å². The van der Waals surface area contributed by atoms with E-state index in [0.29, 0.717) is 49.4 Å². The second kappa shape index (κ2) is 18.1. The van der Waals surface area contributed by atoms with Crippen molar-refractivity contribution in [3.8, 4) is 0 Å². The molecular formula is C44H54N3O8S3+. The molecule has 1 aliphatic carbocycles. The van der Waals surface area contributed by atoms with Crippen molar-refractivity contribution in [3.05, 3.63) is 137 Å². The van der Waals surface area contributed by atoms with Gasteiger partial charge in [-0.25, -0.2) is 5.26 Å². The molecule has 0 saturated heterocycles. The highest BCUT2D eigenvalue weighted by Crippen LogP contribution is 2.49. The monoisotopic (exact) mass is 848 g/mol. The van der Waals surface area contributed by atoms with E-state index in [4.69, 9.17) is 5.26 Å². The Kier molecular flexibility index (Phi) is 13.6. The van der Waals surface area contributed by atoms with E-state index in [1.54, 1.807) is 0 Å². The number of anilines is 2. The standard InChI is InChI=1S/C44H53N3O8S3/c1-43(2)36-19-9-11-21-38(36)45(29-13-15-31-56-55-54-48)40(43)27-25-33-23-24-34(42(33)47(57(5,49)50)35-17-7-6-8-18-35)26-28-41-44(3,4)37-20-10-12-22-39(37)46(41)30-14-16-32-58(51,52)53/h6-12,17-22,25-28H,13-16,23-24,29-32H2,1-5H3,(H-,48,51,52,53)/p+1. The first-order valence-electron chi connectivity index (χ1n) is 19.6. The van der Waals surface area contributed by atoms with Crippen LogP contribution in [0.4, 0.5) is 17.1 Å². The van der Waals surface area contributed by atoms with Gasteiger partial charge in [0.1, 0.15) is 0 Å². The molecule has 2 N–H and O–H groups in total. The summed E-state index contributed by atoms with van der Waals surface area (Å²) in [7, 11) is -7.86. The number of fused-ring (bicyclic) bond motifs is 2. The highest BCUT2D eigenvalue weighted by atomic mass is 32.2. The van der Waals surface area contributed by atoms with Crippen molar-refractivity contribution in [3.63, 3.8) is 0 Å². The van der Waals surface area contributed by atoms with Crippen LogP contribution in [-0.4, -0.2) is 67.2 Å². The SMILES string of the molecule is CC1(C)/C(=C\C=C2CCC(=C\C=C3\N(CCCCS(=O)(=O)O)c4ccccc4C3(C)C)/C2=[N+](/c2ccccc2)S(C)(=O)=O)N(CCCCSOOO)c2ccccc21. The second-order valence-corrected chi connectivity index (χ2v) is 20.1. The van der Waals surface area contributed by atoms with Gasteiger partial charge in [0.2, 0.25) is 11.4 Å². The molecule has 1 fully saturated rings. The van der Waals surface area contributed by atoms with Gasteiger partial charge in [-0.3, -0.25) is 4.55 Å². The molecule has 0 amide bonds. The lowest BCUT2D eigenvalue weighted by Crippen LogP contribution is -2.27. The van der Waals surface area contributed by atoms with E-state index in [1.807, 2.05) is 42.5 Å². The van der Waals surface area contributed by atoms with Gasteiger partial charge in [0, 0.05) is 87.8 Å². The molecule has 3 aromatic rings. The van der Waals surface area contributed by atoms with Gasteiger partial charge in [-0.15, -0.1) is 4.33 Å². The molecule has 3 aliphatic rings. The van der Waals surface area contributed by atoms with Gasteiger partial charge < -0.3 is 9.80 Å². The van der Waals surface area contributed by atoms with Crippen LogP contribution in [-0.2, 0) is 40.3 Å². The van der Waals surface area contributed by atoms with Crippen molar-refractivity contribution in [2.75, 3.05) is 40.7 Å². The third-order valence-electron chi connectivity index (χ3n) is 11.3. The number of para-hydroxylation sites is 3. The summed E-state index contributed by atoms with van der Waals surface area (Å²) in [5.74, 6) is 0.359. The van der Waals surface area contributed by atoms with Gasteiger partial charge in [0.15, 0.2) is 0 Å². The van der Waals surface area contributed by atoms with Gasteiger partial charge in [-0.1, -0.05) is 103 Å². The summed E-state index contributed by atoms with van der Waals surface area (Å²) in [6.07, 6.45) is 13.5. The van der Waals surface area contributed by atoms with Crippen LogP contribution in [0.5, 0.6) is 0 Å². The van der Waals surface area contributed by atoms with E-state index in [-0.39, 0.29) is 16.6 Å². The molecule has 11 nitrogen and oxygen atoms in total. The Morgan fingerprint density at radius 3 is 1.67 bits per heavy atom. The van der Waals surface area contributed by atoms with Crippen LogP contribution in [0, 0.1) is 0 Å². The summed E-state index contributed by atoms with van der Waals surface area (Å²) in [5.41, 5.74) is 8.98. The van der Waals surface area contributed by atoms with Crippen LogP contribution in [0.3, 0.4) is 0 Å². The molecule has 0 aromatic heterocycles. The Hall–Kier alpha value is -4.02. The molecule has 0 atom stereocenters. The minimum atomic E-state index is -4.06. The highest BCUT2D eigenvalue weighted by Gasteiger charge is 2.42. The molecule has 6 rings (SSSR count). The van der Waals surface area contributed by atoms with Crippen LogP contribution in [0.1, 0.15) is 77.3 Å². The predicted molar refractivity (Wildman–Crippen MR) is 234 cm³/mol. The van der Waals surface area contributed by atoms with Crippen molar-refractivity contribution in [2.24, 2.45) is 0 Å². The first kappa shape index (κ1) is 43.6. The van der Waals surface area contributed by atoms with Crippen LogP contribution in [0.25, 0.3) is 0 Å². The zero-order valence-corrected chi connectivity index (χ0v) is 36.2. The Morgan fingerprint density at radius 2 is 1.19 bits per heavy atom. The molecule has 2 aliphatic heterocycles. The van der Waals surface area contributed by atoms with E-state index < -0.39 is 20.1 Å². The summed E-state index contributed by atoms with van der Waals surface area (Å²) in [4.78, 5) is 4.57. The molecule has 1 saturated carbocycles. The first-order chi connectivity index (χ1) is 27.6. The average Bonchev–Trinajstić information content (AvgIpc) is 3.73. The van der Waals surface area contributed by atoms with E-state index in [9.17, 15) is 21.4 Å². The maximum Gasteiger partial charge on any atom is 0.367 e. The van der Waals surface area contributed by atoms with Gasteiger partial charge in [-0.05, 0) is 73.9 Å². The lowest BCUT2D eigenvalue weighted by molar-refractivity contribution is -0.432. The molecule has 3 aromatic carbocycles. The third kappa shape index (κ3) is 9.54. The summed E-state index contributed by atoms with van der Waals surface area (Å²) < 4.78 is 66.1. The van der Waals surface area contributed by atoms with Crippen LogP contribution in [0.2, 0.25) is 0 Å². The van der Waals surface area contributed by atoms with E-state index >= 15 is 0 Å². The number of benzene rings is 3. The summed E-state index contributed by atoms with van der Waals surface area (Å²) >= 11 is 1.05. The quantitative estimate of drug-likeness (QED) is 0.0357. The zero-order chi connectivity index (χ0) is 41.7. The summed E-state index contributed by atoms with van der Waals surface area (Å²) in [6.45, 7) is 10.1. The molecule has 0 spiro atoms. The number of rotatable bonds is 16. The van der Waals surface area contributed by atoms with Crippen LogP contribution in [0.15, 0.2) is 126 Å². The fraction of sp³-hybridized carbons (Fsp3) is 0.386. The van der Waals surface area contributed by atoms with Crippen molar-refractivity contribution in [1.29, 1.82) is 0 Å². The Morgan fingerprint density at radius 1 is 0.707 bits per heavy atom. The zero-order valence-electron chi connectivity index (χ0n) is 33.8. The lowest BCUT2D eigenvalue weighted by atomic mass is 9.83. The maximum atomic E-state index is 13.9. The number of sulfonamides is 1. The average molecular weight is 849 g/mol. The summed E-state index contributed by atoms with van der Waals surface area (Å²) in [5, 5.41) is 12.2. The van der Waals surface area contributed by atoms with Gasteiger partial charge in [0.05, 0.1) is 12.0 Å². The Bertz CT molecular complexity index is 2370. The highest BCUT2D eigenvalue weighted by molar-refractivity contribution is 7.94. The minimum absolute atomic E-state index is 0.295. The van der Waals surface area contributed by atoms with E-state index in [1.165, 1.54) is 15.8 Å². The molecule has 58 heavy (non-hydrogen) atoms. The normalized spacial score (nSPS) is 21.1. The van der Waals surface area contributed by atoms with Crippen molar-refractivity contribution in [2.45, 2.75) is 77.0 Å². The van der Waals surface area contributed by atoms with E-state index in [0.717, 1.165) is 70.9 Å². The largest absolute Gasteiger partial charge is 0.367 e. The maximum absolute atomic E-state index is 13.9. The molecule has 0 radical (unpaired) electrons. The number of allylic oxidation sites excluding steroid dienone is 8. The van der Waals surface area contributed by atoms with Crippen molar-refractivity contribution >= 4 is 55.0 Å². The fourth-order valence-corrected chi connectivity index (χ4v) is 10.6. The van der Waals surface area contributed by atoms with Crippen molar-refractivity contribution < 1.29 is 40.0 Å². The third-order valence-corrected chi connectivity index (χ3v) is 13.7. The molecule has 310 valence electrons. The Labute approximate surface area is 347 Å². The number of hydrogen-bond acceptors (Lipinski definition) is 10. The van der Waals surface area contributed by atoms with Gasteiger partial charge >= 0.3 is 10.0 Å². The minimum Gasteiger partial charge on any atom is -0.344 e. The lowest BCUT2D eigenvalue weighted by Gasteiger charge is -2.27. The first-order valence-corrected chi connectivity index (χ1v) is 24.0.